The Morgan fingerprint density at radius 1 is 1.78 bits per heavy atom. The van der Waals surface area contributed by atoms with Gasteiger partial charge in [-0.1, -0.05) is 0 Å². The number of hydrogen-bond acceptors (Lipinski definition) is 4. The minimum Gasteiger partial charge on any atom is -0.385 e. The average molecular weight is 128 g/mol. The molecule has 0 aliphatic rings. The van der Waals surface area contributed by atoms with Crippen LogP contribution in [0, 0.1) is 6.92 Å². The molecular weight excluding hydrogens is 120 g/mol. The molecule has 9 heavy (non-hydrogen) atoms. The molecule has 1 aromatic heterocycles. The summed E-state index contributed by atoms with van der Waals surface area (Å²) >= 11 is 0. The van der Waals surface area contributed by atoms with Crippen LogP contribution in [0.2, 0.25) is 0 Å². The van der Waals surface area contributed by atoms with Crippen LogP contribution in [0.15, 0.2) is 10.6 Å². The Kier molecular flexibility index (Phi) is 1.69. The molecule has 50 valence electrons. The second-order valence-electron chi connectivity index (χ2n) is 1.58. The molecule has 4 nitrogen and oxygen atoms in total. The SMILES string of the molecule is CNOc1cc(C)on1. The molecule has 1 N–H and O–H groups in total. The highest BCUT2D eigenvalue weighted by molar-refractivity contribution is 5.08. The second-order valence-corrected chi connectivity index (χ2v) is 1.58. The predicted molar refractivity (Wildman–Crippen MR) is 30.9 cm³/mol. The Labute approximate surface area is 52.7 Å². The lowest BCUT2D eigenvalue weighted by Gasteiger charge is -1.92. The summed E-state index contributed by atoms with van der Waals surface area (Å²) in [4.78, 5) is 4.77. The number of hydroxylamine groups is 1. The molecule has 0 fully saturated rings. The van der Waals surface area contributed by atoms with E-state index in [0.717, 1.165) is 5.76 Å². The van der Waals surface area contributed by atoms with E-state index in [9.17, 15) is 0 Å². The lowest BCUT2D eigenvalue weighted by molar-refractivity contribution is 0.200. The monoisotopic (exact) mass is 128 g/mol. The van der Waals surface area contributed by atoms with E-state index in [2.05, 4.69) is 10.6 Å². The van der Waals surface area contributed by atoms with Gasteiger partial charge in [0.05, 0.1) is 0 Å². The van der Waals surface area contributed by atoms with Crippen molar-refractivity contribution >= 4 is 0 Å². The van der Waals surface area contributed by atoms with E-state index in [1.54, 1.807) is 20.0 Å². The summed E-state index contributed by atoms with van der Waals surface area (Å²) in [6.07, 6.45) is 0. The quantitative estimate of drug-likeness (QED) is 0.589. The highest BCUT2D eigenvalue weighted by Crippen LogP contribution is 2.07. The van der Waals surface area contributed by atoms with Gasteiger partial charge in [0, 0.05) is 13.1 Å². The lowest BCUT2D eigenvalue weighted by atomic mass is 10.5. The summed E-state index contributed by atoms with van der Waals surface area (Å²) in [7, 11) is 1.66. The van der Waals surface area contributed by atoms with Crippen molar-refractivity contribution in [3.63, 3.8) is 0 Å². The summed E-state index contributed by atoms with van der Waals surface area (Å²) in [6.45, 7) is 1.80. The number of nitrogens with one attached hydrogen (secondary N) is 1. The Morgan fingerprint density at radius 3 is 3.00 bits per heavy atom. The smallest absolute Gasteiger partial charge is 0.277 e. The molecule has 0 saturated carbocycles. The van der Waals surface area contributed by atoms with Gasteiger partial charge in [-0.3, -0.25) is 0 Å². The normalized spacial score (nSPS) is 9.56. The molecule has 0 aromatic carbocycles. The average Bonchev–Trinajstić information content (AvgIpc) is 2.17. The Bertz CT molecular complexity index is 185. The van der Waals surface area contributed by atoms with Crippen LogP contribution in [0.25, 0.3) is 0 Å². The van der Waals surface area contributed by atoms with Crippen LogP contribution in [0.5, 0.6) is 5.88 Å². The molecule has 0 spiro atoms. The van der Waals surface area contributed by atoms with E-state index in [1.165, 1.54) is 0 Å². The van der Waals surface area contributed by atoms with Crippen LogP contribution in [0.4, 0.5) is 0 Å². The predicted octanol–water partition coefficient (Wildman–Crippen LogP) is 0.496. The Hall–Kier alpha value is -1.03. The summed E-state index contributed by atoms with van der Waals surface area (Å²) in [6, 6.07) is 1.69. The van der Waals surface area contributed by atoms with Crippen LogP contribution < -0.4 is 10.3 Å². The molecule has 0 aliphatic carbocycles. The maximum absolute atomic E-state index is 4.77. The van der Waals surface area contributed by atoms with Gasteiger partial charge in [0.25, 0.3) is 5.88 Å². The van der Waals surface area contributed by atoms with Crippen LogP contribution in [0.3, 0.4) is 0 Å². The van der Waals surface area contributed by atoms with Gasteiger partial charge in [-0.25, -0.2) is 0 Å². The van der Waals surface area contributed by atoms with E-state index in [0.29, 0.717) is 5.88 Å². The Morgan fingerprint density at radius 2 is 2.56 bits per heavy atom. The van der Waals surface area contributed by atoms with Crippen molar-refractivity contribution in [3.8, 4) is 5.88 Å². The fourth-order valence-corrected chi connectivity index (χ4v) is 0.496. The first-order valence-corrected chi connectivity index (χ1v) is 2.60. The van der Waals surface area contributed by atoms with Crippen LogP contribution >= 0.6 is 0 Å². The molecule has 0 radical (unpaired) electrons. The van der Waals surface area contributed by atoms with Crippen molar-refractivity contribution in [2.24, 2.45) is 0 Å². The van der Waals surface area contributed by atoms with Crippen LogP contribution in [-0.2, 0) is 0 Å². The zero-order chi connectivity index (χ0) is 6.69. The van der Waals surface area contributed by atoms with Crippen molar-refractivity contribution in [1.82, 2.24) is 10.6 Å². The highest BCUT2D eigenvalue weighted by atomic mass is 16.7. The standard InChI is InChI=1S/C5H8N2O2/c1-4-3-5(7-8-4)9-6-2/h3,6H,1-2H3. The number of hydrogen-bond donors (Lipinski definition) is 1. The largest absolute Gasteiger partial charge is 0.385 e. The lowest BCUT2D eigenvalue weighted by Crippen LogP contribution is -2.10. The van der Waals surface area contributed by atoms with Gasteiger partial charge < -0.3 is 9.36 Å². The van der Waals surface area contributed by atoms with E-state index in [1.807, 2.05) is 0 Å². The number of rotatable bonds is 2. The number of nitrogens with zero attached hydrogens (tertiary/aromatic N) is 1. The third kappa shape index (κ3) is 1.43. The maximum Gasteiger partial charge on any atom is 0.277 e. The summed E-state index contributed by atoms with van der Waals surface area (Å²) < 4.78 is 4.70. The van der Waals surface area contributed by atoms with E-state index >= 15 is 0 Å². The first-order chi connectivity index (χ1) is 4.33. The molecule has 1 aromatic rings. The number of aromatic nitrogens is 1. The number of aryl methyl sites for hydroxylation is 1. The molecular formula is C5H8N2O2. The van der Waals surface area contributed by atoms with Gasteiger partial charge >= 0.3 is 0 Å². The van der Waals surface area contributed by atoms with Gasteiger partial charge in [0.1, 0.15) is 5.76 Å². The highest BCUT2D eigenvalue weighted by Gasteiger charge is 1.97. The second kappa shape index (κ2) is 2.50. The van der Waals surface area contributed by atoms with E-state index in [-0.39, 0.29) is 0 Å². The fraction of sp³-hybridized carbons (Fsp3) is 0.400. The first kappa shape index (κ1) is 6.10. The first-order valence-electron chi connectivity index (χ1n) is 2.60. The maximum atomic E-state index is 4.77. The van der Waals surface area contributed by atoms with Crippen molar-refractivity contribution in [1.29, 1.82) is 0 Å². The van der Waals surface area contributed by atoms with Gasteiger partial charge in [-0.05, 0) is 12.1 Å². The summed E-state index contributed by atoms with van der Waals surface area (Å²) in [5.74, 6) is 1.19. The Balaban J connectivity index is 2.61. The molecule has 0 saturated heterocycles. The third-order valence-electron chi connectivity index (χ3n) is 0.813. The minimum atomic E-state index is 0.454. The molecule has 0 amide bonds. The van der Waals surface area contributed by atoms with Crippen molar-refractivity contribution < 1.29 is 9.36 Å². The van der Waals surface area contributed by atoms with Crippen LogP contribution in [-0.4, -0.2) is 12.2 Å². The summed E-state index contributed by atoms with van der Waals surface area (Å²) in [5, 5.41) is 3.55. The van der Waals surface area contributed by atoms with Crippen molar-refractivity contribution in [2.75, 3.05) is 7.05 Å². The zero-order valence-electron chi connectivity index (χ0n) is 5.34. The van der Waals surface area contributed by atoms with Gasteiger partial charge in [-0.2, -0.15) is 5.48 Å². The molecule has 1 rings (SSSR count). The van der Waals surface area contributed by atoms with Gasteiger partial charge in [0.15, 0.2) is 0 Å². The summed E-state index contributed by atoms with van der Waals surface area (Å²) in [5.41, 5.74) is 2.47. The molecule has 1 heterocycles. The van der Waals surface area contributed by atoms with Crippen molar-refractivity contribution in [2.45, 2.75) is 6.92 Å². The van der Waals surface area contributed by atoms with E-state index in [4.69, 9.17) is 9.36 Å². The molecule has 0 bridgehead atoms. The fourth-order valence-electron chi connectivity index (χ4n) is 0.496. The van der Waals surface area contributed by atoms with E-state index < -0.39 is 0 Å². The van der Waals surface area contributed by atoms with Gasteiger partial charge in [0.2, 0.25) is 0 Å². The third-order valence-corrected chi connectivity index (χ3v) is 0.813. The van der Waals surface area contributed by atoms with Gasteiger partial charge in [-0.15, -0.1) is 0 Å². The molecule has 0 atom stereocenters. The topological polar surface area (TPSA) is 47.3 Å². The zero-order valence-corrected chi connectivity index (χ0v) is 5.34. The van der Waals surface area contributed by atoms with Crippen molar-refractivity contribution in [3.05, 3.63) is 11.8 Å². The minimum absolute atomic E-state index is 0.454. The molecule has 4 heteroatoms. The molecule has 0 aliphatic heterocycles. The molecule has 0 unspecified atom stereocenters. The van der Waals surface area contributed by atoms with Crippen LogP contribution in [0.1, 0.15) is 5.76 Å².